The molecule has 2 aliphatic rings. The molecule has 1 aliphatic heterocycles. The van der Waals surface area contributed by atoms with Crippen molar-refractivity contribution in [2.75, 3.05) is 39.8 Å². The summed E-state index contributed by atoms with van der Waals surface area (Å²) < 4.78 is 0. The van der Waals surface area contributed by atoms with Crippen LogP contribution in [0.3, 0.4) is 0 Å². The van der Waals surface area contributed by atoms with Crippen molar-refractivity contribution < 1.29 is 4.79 Å². The number of thiophene rings is 1. The van der Waals surface area contributed by atoms with Crippen molar-refractivity contribution in [1.82, 2.24) is 15.1 Å². The van der Waals surface area contributed by atoms with E-state index in [0.29, 0.717) is 6.04 Å². The molecule has 3 rings (SSSR count). The monoisotopic (exact) mass is 335 g/mol. The highest BCUT2D eigenvalue weighted by Gasteiger charge is 2.26. The summed E-state index contributed by atoms with van der Waals surface area (Å²) >= 11 is 1.74. The molecule has 1 saturated heterocycles. The van der Waals surface area contributed by atoms with E-state index < -0.39 is 0 Å². The highest BCUT2D eigenvalue weighted by atomic mass is 32.1. The van der Waals surface area contributed by atoms with Gasteiger partial charge in [-0.3, -0.25) is 9.69 Å². The molecule has 5 heteroatoms. The Bertz CT molecular complexity index is 476. The van der Waals surface area contributed by atoms with Crippen molar-refractivity contribution in [3.05, 3.63) is 22.4 Å². The lowest BCUT2D eigenvalue weighted by Crippen LogP contribution is -2.48. The maximum Gasteiger partial charge on any atom is 0.223 e. The fraction of sp³-hybridized carbons (Fsp3) is 0.722. The Hall–Kier alpha value is -0.910. The van der Waals surface area contributed by atoms with Crippen LogP contribution in [0, 0.1) is 5.92 Å². The molecule has 1 amide bonds. The van der Waals surface area contributed by atoms with Gasteiger partial charge in [-0.2, -0.15) is 11.3 Å². The first kappa shape index (κ1) is 16.9. The molecule has 1 unspecified atom stereocenters. The number of hydrogen-bond acceptors (Lipinski definition) is 4. The molecular formula is C18H29N3OS. The van der Waals surface area contributed by atoms with Gasteiger partial charge in [-0.25, -0.2) is 0 Å². The zero-order chi connectivity index (χ0) is 16.1. The zero-order valence-electron chi connectivity index (χ0n) is 14.2. The molecule has 2 fully saturated rings. The predicted molar refractivity (Wildman–Crippen MR) is 95.7 cm³/mol. The summed E-state index contributed by atoms with van der Waals surface area (Å²) in [4.78, 5) is 17.4. The minimum Gasteiger partial charge on any atom is -0.354 e. The Labute approximate surface area is 143 Å². The predicted octanol–water partition coefficient (Wildman–Crippen LogP) is 2.73. The molecule has 0 bridgehead atoms. The lowest BCUT2D eigenvalue weighted by atomic mass is 9.88. The van der Waals surface area contributed by atoms with Crippen LogP contribution in [0.15, 0.2) is 16.8 Å². The SMILES string of the molecule is CN1CCN(C(CNC(=O)C2CCCCC2)c2ccsc2)CC1. The number of nitrogens with zero attached hydrogens (tertiary/aromatic N) is 2. The van der Waals surface area contributed by atoms with Crippen LogP contribution in [-0.4, -0.2) is 55.5 Å². The standard InChI is InChI=1S/C18H29N3OS/c1-20-8-10-21(11-9-20)17(16-7-12-23-14-16)13-19-18(22)15-5-3-2-4-6-15/h7,12,14-15,17H,2-6,8-11,13H2,1H3,(H,19,22). The van der Waals surface area contributed by atoms with E-state index in [2.05, 4.69) is 39.0 Å². The molecule has 1 aromatic heterocycles. The number of piperazine rings is 1. The normalized spacial score (nSPS) is 22.8. The molecular weight excluding hydrogens is 306 g/mol. The van der Waals surface area contributed by atoms with Gasteiger partial charge in [-0.15, -0.1) is 0 Å². The number of likely N-dealkylation sites (N-methyl/N-ethyl adjacent to an activating group) is 1. The first-order valence-electron chi connectivity index (χ1n) is 8.96. The first-order chi connectivity index (χ1) is 11.2. The van der Waals surface area contributed by atoms with Crippen LogP contribution in [0.5, 0.6) is 0 Å². The zero-order valence-corrected chi connectivity index (χ0v) is 15.0. The molecule has 4 nitrogen and oxygen atoms in total. The van der Waals surface area contributed by atoms with Gasteiger partial charge in [0.1, 0.15) is 0 Å². The Morgan fingerprint density at radius 2 is 2.00 bits per heavy atom. The summed E-state index contributed by atoms with van der Waals surface area (Å²) in [5.41, 5.74) is 1.35. The Morgan fingerprint density at radius 3 is 2.65 bits per heavy atom. The molecule has 1 saturated carbocycles. The molecule has 0 radical (unpaired) electrons. The van der Waals surface area contributed by atoms with Crippen LogP contribution >= 0.6 is 11.3 Å². The summed E-state index contributed by atoms with van der Waals surface area (Å²) in [7, 11) is 2.18. The Morgan fingerprint density at radius 1 is 1.26 bits per heavy atom. The third-order valence-electron chi connectivity index (χ3n) is 5.35. The quantitative estimate of drug-likeness (QED) is 0.899. The second kappa shape index (κ2) is 8.27. The number of carbonyl (C=O) groups excluding carboxylic acids is 1. The molecule has 1 aromatic rings. The van der Waals surface area contributed by atoms with Gasteiger partial charge in [-0.1, -0.05) is 19.3 Å². The van der Waals surface area contributed by atoms with Crippen LogP contribution in [0.2, 0.25) is 0 Å². The molecule has 128 valence electrons. The fourth-order valence-electron chi connectivity index (χ4n) is 3.76. The maximum atomic E-state index is 12.5. The van der Waals surface area contributed by atoms with E-state index in [1.165, 1.54) is 24.8 Å². The van der Waals surface area contributed by atoms with Crippen molar-refractivity contribution in [3.63, 3.8) is 0 Å². The average Bonchev–Trinajstić information content (AvgIpc) is 3.11. The van der Waals surface area contributed by atoms with Gasteiger partial charge >= 0.3 is 0 Å². The summed E-state index contributed by atoms with van der Waals surface area (Å²) in [5, 5.41) is 7.63. The van der Waals surface area contributed by atoms with E-state index in [4.69, 9.17) is 0 Å². The highest BCUT2D eigenvalue weighted by Crippen LogP contribution is 2.26. The third-order valence-corrected chi connectivity index (χ3v) is 6.05. The largest absolute Gasteiger partial charge is 0.354 e. The van der Waals surface area contributed by atoms with Crippen molar-refractivity contribution in [1.29, 1.82) is 0 Å². The lowest BCUT2D eigenvalue weighted by Gasteiger charge is -2.38. The molecule has 0 aromatic carbocycles. The van der Waals surface area contributed by atoms with Gasteiger partial charge < -0.3 is 10.2 Å². The van der Waals surface area contributed by atoms with E-state index in [9.17, 15) is 4.79 Å². The first-order valence-corrected chi connectivity index (χ1v) is 9.90. The topological polar surface area (TPSA) is 35.6 Å². The molecule has 0 spiro atoms. The van der Waals surface area contributed by atoms with Crippen LogP contribution in [0.25, 0.3) is 0 Å². The van der Waals surface area contributed by atoms with Crippen molar-refractivity contribution >= 4 is 17.2 Å². The fourth-order valence-corrected chi connectivity index (χ4v) is 4.47. The van der Waals surface area contributed by atoms with E-state index in [0.717, 1.165) is 45.6 Å². The summed E-state index contributed by atoms with van der Waals surface area (Å²) in [6, 6.07) is 2.53. The number of hydrogen-bond donors (Lipinski definition) is 1. The second-order valence-corrected chi connectivity index (χ2v) is 7.77. The number of carbonyl (C=O) groups is 1. The molecule has 1 N–H and O–H groups in total. The highest BCUT2D eigenvalue weighted by molar-refractivity contribution is 7.07. The molecule has 2 heterocycles. The van der Waals surface area contributed by atoms with Gasteiger partial charge in [0.05, 0.1) is 6.04 Å². The molecule has 23 heavy (non-hydrogen) atoms. The number of amides is 1. The van der Waals surface area contributed by atoms with E-state index in [1.807, 2.05) is 0 Å². The lowest BCUT2D eigenvalue weighted by molar-refractivity contribution is -0.126. The maximum absolute atomic E-state index is 12.5. The average molecular weight is 336 g/mol. The summed E-state index contributed by atoms with van der Waals surface area (Å²) in [6.07, 6.45) is 5.87. The summed E-state index contributed by atoms with van der Waals surface area (Å²) in [6.45, 7) is 5.12. The van der Waals surface area contributed by atoms with Gasteiger partial charge in [0.15, 0.2) is 0 Å². The molecule has 1 atom stereocenters. The van der Waals surface area contributed by atoms with Gasteiger partial charge in [0, 0.05) is 38.6 Å². The summed E-state index contributed by atoms with van der Waals surface area (Å²) in [5.74, 6) is 0.526. The van der Waals surface area contributed by atoms with Gasteiger partial charge in [0.2, 0.25) is 5.91 Å². The molecule has 1 aliphatic carbocycles. The van der Waals surface area contributed by atoms with Crippen LogP contribution in [-0.2, 0) is 4.79 Å². The Balaban J connectivity index is 1.59. The van der Waals surface area contributed by atoms with Gasteiger partial charge in [0.25, 0.3) is 0 Å². The second-order valence-electron chi connectivity index (χ2n) is 6.99. The smallest absolute Gasteiger partial charge is 0.223 e. The van der Waals surface area contributed by atoms with Crippen LogP contribution in [0.1, 0.15) is 43.7 Å². The van der Waals surface area contributed by atoms with Crippen molar-refractivity contribution in [2.45, 2.75) is 38.1 Å². The van der Waals surface area contributed by atoms with E-state index in [-0.39, 0.29) is 11.8 Å². The van der Waals surface area contributed by atoms with Crippen molar-refractivity contribution in [2.24, 2.45) is 5.92 Å². The number of nitrogens with one attached hydrogen (secondary N) is 1. The third kappa shape index (κ3) is 4.55. The van der Waals surface area contributed by atoms with Crippen LogP contribution < -0.4 is 5.32 Å². The van der Waals surface area contributed by atoms with Crippen molar-refractivity contribution in [3.8, 4) is 0 Å². The number of rotatable bonds is 5. The van der Waals surface area contributed by atoms with E-state index in [1.54, 1.807) is 11.3 Å². The minimum absolute atomic E-state index is 0.249. The van der Waals surface area contributed by atoms with Crippen LogP contribution in [0.4, 0.5) is 0 Å². The van der Waals surface area contributed by atoms with Gasteiger partial charge in [-0.05, 0) is 42.3 Å². The van der Waals surface area contributed by atoms with E-state index >= 15 is 0 Å². The Kier molecular flexibility index (Phi) is 6.08. The minimum atomic E-state index is 0.249.